The first-order valence-electron chi connectivity index (χ1n) is 6.61. The van der Waals surface area contributed by atoms with Crippen LogP contribution in [-0.4, -0.2) is 36.6 Å². The number of nitrogens with zero attached hydrogens (tertiary/aromatic N) is 3. The maximum atomic E-state index is 12.3. The molecule has 1 aromatic heterocycles. The van der Waals surface area contributed by atoms with Crippen molar-refractivity contribution >= 4 is 11.7 Å². The zero-order valence-electron chi connectivity index (χ0n) is 11.9. The normalized spacial score (nSPS) is 10.1. The standard InChI is InChI=1S/C16H19N3O/c1-18(13-10-14-8-11-17-12-9-14)16(20)19(2)15-6-4-3-5-7-15/h3-9,11-12H,10,13H2,1-2H3. The van der Waals surface area contributed by atoms with Gasteiger partial charge in [-0.3, -0.25) is 9.88 Å². The number of aromatic nitrogens is 1. The van der Waals surface area contributed by atoms with Crippen LogP contribution in [-0.2, 0) is 6.42 Å². The topological polar surface area (TPSA) is 36.4 Å². The number of anilines is 1. The number of likely N-dealkylation sites (N-methyl/N-ethyl adjacent to an activating group) is 1. The number of benzene rings is 1. The van der Waals surface area contributed by atoms with Gasteiger partial charge in [0.25, 0.3) is 0 Å². The Labute approximate surface area is 119 Å². The molecule has 1 heterocycles. The Bertz CT molecular complexity index is 542. The van der Waals surface area contributed by atoms with E-state index in [-0.39, 0.29) is 6.03 Å². The van der Waals surface area contributed by atoms with Crippen molar-refractivity contribution in [2.24, 2.45) is 0 Å². The molecule has 0 aliphatic heterocycles. The minimum absolute atomic E-state index is 0.00902. The van der Waals surface area contributed by atoms with Gasteiger partial charge < -0.3 is 4.90 Å². The summed E-state index contributed by atoms with van der Waals surface area (Å²) in [6.45, 7) is 0.681. The van der Waals surface area contributed by atoms with Gasteiger partial charge in [0.1, 0.15) is 0 Å². The molecule has 0 aliphatic rings. The molecule has 0 unspecified atom stereocenters. The molecular formula is C16H19N3O. The van der Waals surface area contributed by atoms with Crippen LogP contribution in [0.3, 0.4) is 0 Å². The summed E-state index contributed by atoms with van der Waals surface area (Å²) < 4.78 is 0. The average molecular weight is 269 g/mol. The summed E-state index contributed by atoms with van der Waals surface area (Å²) in [4.78, 5) is 19.7. The Balaban J connectivity index is 1.92. The highest BCUT2D eigenvalue weighted by atomic mass is 16.2. The summed E-state index contributed by atoms with van der Waals surface area (Å²) in [5.74, 6) is 0. The number of hydrogen-bond acceptors (Lipinski definition) is 2. The lowest BCUT2D eigenvalue weighted by Crippen LogP contribution is -2.39. The van der Waals surface area contributed by atoms with Gasteiger partial charge in [0.15, 0.2) is 0 Å². The second-order valence-corrected chi connectivity index (χ2v) is 4.70. The predicted molar refractivity (Wildman–Crippen MR) is 80.8 cm³/mol. The van der Waals surface area contributed by atoms with E-state index in [4.69, 9.17) is 0 Å². The lowest BCUT2D eigenvalue weighted by molar-refractivity contribution is 0.217. The average Bonchev–Trinajstić information content (AvgIpc) is 2.53. The predicted octanol–water partition coefficient (Wildman–Crippen LogP) is 2.81. The van der Waals surface area contributed by atoms with Gasteiger partial charge in [0.2, 0.25) is 0 Å². The number of amides is 2. The van der Waals surface area contributed by atoms with Crippen molar-refractivity contribution in [3.8, 4) is 0 Å². The number of hydrogen-bond donors (Lipinski definition) is 0. The fraction of sp³-hybridized carbons (Fsp3) is 0.250. The zero-order valence-corrected chi connectivity index (χ0v) is 11.9. The van der Waals surface area contributed by atoms with Gasteiger partial charge in [-0.1, -0.05) is 18.2 Å². The molecule has 0 atom stereocenters. The van der Waals surface area contributed by atoms with Crippen LogP contribution in [0.25, 0.3) is 0 Å². The monoisotopic (exact) mass is 269 g/mol. The summed E-state index contributed by atoms with van der Waals surface area (Å²) >= 11 is 0. The second-order valence-electron chi connectivity index (χ2n) is 4.70. The summed E-state index contributed by atoms with van der Waals surface area (Å²) in [6.07, 6.45) is 4.37. The SMILES string of the molecule is CN(CCc1ccncc1)C(=O)N(C)c1ccccc1. The van der Waals surface area contributed by atoms with Crippen LogP contribution in [0.5, 0.6) is 0 Å². The lowest BCUT2D eigenvalue weighted by Gasteiger charge is -2.25. The van der Waals surface area contributed by atoms with Crippen molar-refractivity contribution in [1.82, 2.24) is 9.88 Å². The van der Waals surface area contributed by atoms with E-state index in [1.807, 2.05) is 49.5 Å². The summed E-state index contributed by atoms with van der Waals surface area (Å²) in [5.41, 5.74) is 2.08. The molecule has 2 aromatic rings. The number of carbonyl (C=O) groups excluding carboxylic acids is 1. The maximum Gasteiger partial charge on any atom is 0.323 e. The molecule has 0 aliphatic carbocycles. The van der Waals surface area contributed by atoms with Crippen LogP contribution >= 0.6 is 0 Å². The third-order valence-electron chi connectivity index (χ3n) is 3.24. The van der Waals surface area contributed by atoms with Gasteiger partial charge >= 0.3 is 6.03 Å². The number of rotatable bonds is 4. The molecule has 20 heavy (non-hydrogen) atoms. The number of urea groups is 1. The van der Waals surface area contributed by atoms with E-state index in [1.54, 1.807) is 29.2 Å². The van der Waals surface area contributed by atoms with Crippen LogP contribution in [0.2, 0.25) is 0 Å². The van der Waals surface area contributed by atoms with Gasteiger partial charge in [-0.05, 0) is 36.2 Å². The Morgan fingerprint density at radius 1 is 1.05 bits per heavy atom. The van der Waals surface area contributed by atoms with Gasteiger partial charge in [-0.2, -0.15) is 0 Å². The molecule has 2 rings (SSSR count). The van der Waals surface area contributed by atoms with Crippen molar-refractivity contribution in [2.45, 2.75) is 6.42 Å². The van der Waals surface area contributed by atoms with Gasteiger partial charge in [-0.25, -0.2) is 4.79 Å². The molecule has 0 fully saturated rings. The maximum absolute atomic E-state index is 12.3. The molecular weight excluding hydrogens is 250 g/mol. The first-order chi connectivity index (χ1) is 9.68. The van der Waals surface area contributed by atoms with Crippen LogP contribution in [0.1, 0.15) is 5.56 Å². The van der Waals surface area contributed by atoms with E-state index >= 15 is 0 Å². The van der Waals surface area contributed by atoms with Crippen molar-refractivity contribution < 1.29 is 4.79 Å². The molecule has 4 heteroatoms. The van der Waals surface area contributed by atoms with E-state index in [2.05, 4.69) is 4.98 Å². The Morgan fingerprint density at radius 2 is 1.70 bits per heavy atom. The summed E-state index contributed by atoms with van der Waals surface area (Å²) in [5, 5.41) is 0. The largest absolute Gasteiger partial charge is 0.327 e. The Morgan fingerprint density at radius 3 is 2.35 bits per heavy atom. The lowest BCUT2D eigenvalue weighted by atomic mass is 10.2. The van der Waals surface area contributed by atoms with Crippen molar-refractivity contribution in [3.63, 3.8) is 0 Å². The third-order valence-corrected chi connectivity index (χ3v) is 3.24. The molecule has 0 radical (unpaired) electrons. The molecule has 0 bridgehead atoms. The van der Waals surface area contributed by atoms with Crippen molar-refractivity contribution in [3.05, 3.63) is 60.4 Å². The number of carbonyl (C=O) groups is 1. The fourth-order valence-corrected chi connectivity index (χ4v) is 1.96. The van der Waals surface area contributed by atoms with Crippen molar-refractivity contribution in [1.29, 1.82) is 0 Å². The highest BCUT2D eigenvalue weighted by Gasteiger charge is 2.15. The molecule has 1 aromatic carbocycles. The molecule has 104 valence electrons. The van der Waals surface area contributed by atoms with Gasteiger partial charge in [0, 0.05) is 38.7 Å². The van der Waals surface area contributed by atoms with Crippen LogP contribution < -0.4 is 4.90 Å². The fourth-order valence-electron chi connectivity index (χ4n) is 1.96. The van der Waals surface area contributed by atoms with Gasteiger partial charge in [0.05, 0.1) is 0 Å². The highest BCUT2D eigenvalue weighted by molar-refractivity contribution is 5.91. The number of pyridine rings is 1. The van der Waals surface area contributed by atoms with Crippen LogP contribution in [0.15, 0.2) is 54.9 Å². The minimum atomic E-state index is -0.00902. The van der Waals surface area contributed by atoms with Crippen LogP contribution in [0.4, 0.5) is 10.5 Å². The Kier molecular flexibility index (Phi) is 4.71. The third kappa shape index (κ3) is 3.57. The smallest absolute Gasteiger partial charge is 0.323 e. The zero-order chi connectivity index (χ0) is 14.4. The Hall–Kier alpha value is -2.36. The highest BCUT2D eigenvalue weighted by Crippen LogP contribution is 2.12. The molecule has 0 spiro atoms. The number of para-hydroxylation sites is 1. The summed E-state index contributed by atoms with van der Waals surface area (Å²) in [6, 6.07) is 13.6. The molecule has 4 nitrogen and oxygen atoms in total. The van der Waals surface area contributed by atoms with E-state index in [0.29, 0.717) is 6.54 Å². The van der Waals surface area contributed by atoms with E-state index in [1.165, 1.54) is 5.56 Å². The van der Waals surface area contributed by atoms with E-state index < -0.39 is 0 Å². The van der Waals surface area contributed by atoms with E-state index in [0.717, 1.165) is 12.1 Å². The molecule has 0 N–H and O–H groups in total. The van der Waals surface area contributed by atoms with E-state index in [9.17, 15) is 4.79 Å². The van der Waals surface area contributed by atoms with Gasteiger partial charge in [-0.15, -0.1) is 0 Å². The molecule has 0 saturated carbocycles. The van der Waals surface area contributed by atoms with Crippen LogP contribution in [0, 0.1) is 0 Å². The summed E-state index contributed by atoms with van der Waals surface area (Å²) in [7, 11) is 3.61. The quantitative estimate of drug-likeness (QED) is 0.855. The molecule has 2 amide bonds. The first-order valence-corrected chi connectivity index (χ1v) is 6.61. The second kappa shape index (κ2) is 6.70. The minimum Gasteiger partial charge on any atom is -0.327 e. The molecule has 0 saturated heterocycles. The first kappa shape index (κ1) is 14.1. The van der Waals surface area contributed by atoms with Crippen molar-refractivity contribution in [2.75, 3.05) is 25.5 Å².